The predicted octanol–water partition coefficient (Wildman–Crippen LogP) is 0.422. The Kier molecular flexibility index (Phi) is 2.55. The van der Waals surface area contributed by atoms with Crippen LogP contribution in [0.15, 0.2) is 35.4 Å². The summed E-state index contributed by atoms with van der Waals surface area (Å²) in [5.41, 5.74) is -0.278. The van der Waals surface area contributed by atoms with E-state index in [4.69, 9.17) is 9.47 Å². The minimum Gasteiger partial charge on any atom is -0.486 e. The molecule has 0 fully saturated rings. The van der Waals surface area contributed by atoms with E-state index >= 15 is 0 Å². The van der Waals surface area contributed by atoms with Crippen LogP contribution in [0.5, 0.6) is 11.5 Å². The summed E-state index contributed by atoms with van der Waals surface area (Å²) in [6.45, 7) is 0.846. The largest absolute Gasteiger partial charge is 0.486 e. The van der Waals surface area contributed by atoms with E-state index in [1.807, 2.05) is 24.3 Å². The van der Waals surface area contributed by atoms with Crippen LogP contribution >= 0.6 is 0 Å². The van der Waals surface area contributed by atoms with Gasteiger partial charge in [-0.2, -0.15) is 4.98 Å². The molecule has 3 rings (SSSR count). The molecule has 2 aromatic rings. The van der Waals surface area contributed by atoms with Crippen molar-refractivity contribution in [2.24, 2.45) is 7.05 Å². The van der Waals surface area contributed by atoms with Gasteiger partial charge in [-0.3, -0.25) is 4.68 Å². The number of hydrogen-bond acceptors (Lipinski definition) is 4. The summed E-state index contributed by atoms with van der Waals surface area (Å²) in [7, 11) is 1.77. The van der Waals surface area contributed by atoms with Crippen molar-refractivity contribution >= 4 is 0 Å². The standard InChI is InChI=1S/C12H13N3O3/c1-14-8-13-12(16)15(14)6-9-7-17-10-4-2-3-5-11(10)18-9/h2-5,8-9H,6-7H2,1H3. The van der Waals surface area contributed by atoms with Crippen molar-refractivity contribution < 1.29 is 9.47 Å². The Hall–Kier alpha value is -2.24. The average Bonchev–Trinajstić information content (AvgIpc) is 2.70. The molecule has 0 radical (unpaired) electrons. The summed E-state index contributed by atoms with van der Waals surface area (Å²) in [4.78, 5) is 15.2. The lowest BCUT2D eigenvalue weighted by atomic mass is 10.2. The second-order valence-electron chi connectivity index (χ2n) is 4.18. The van der Waals surface area contributed by atoms with E-state index in [-0.39, 0.29) is 11.8 Å². The number of ether oxygens (including phenoxy) is 2. The maximum absolute atomic E-state index is 11.5. The molecular formula is C12H13N3O3. The number of hydrogen-bond donors (Lipinski definition) is 0. The smallest absolute Gasteiger partial charge is 0.363 e. The van der Waals surface area contributed by atoms with Crippen LogP contribution in [0.25, 0.3) is 0 Å². The first kappa shape index (κ1) is 10.9. The Morgan fingerprint density at radius 2 is 2.17 bits per heavy atom. The lowest BCUT2D eigenvalue weighted by Crippen LogP contribution is -2.37. The minimum atomic E-state index is -0.278. The van der Waals surface area contributed by atoms with Gasteiger partial charge in [0.25, 0.3) is 0 Å². The molecule has 6 heteroatoms. The molecule has 94 valence electrons. The number of aromatic nitrogens is 3. The van der Waals surface area contributed by atoms with Crippen molar-refractivity contribution in [3.63, 3.8) is 0 Å². The Bertz CT molecular complexity index is 617. The SMILES string of the molecule is Cn1cnc(=O)n1CC1COc2ccccc2O1. The summed E-state index contributed by atoms with van der Waals surface area (Å²) in [6.07, 6.45) is 1.30. The van der Waals surface area contributed by atoms with Crippen LogP contribution in [0.1, 0.15) is 0 Å². The Balaban J connectivity index is 1.79. The highest BCUT2D eigenvalue weighted by molar-refractivity contribution is 5.40. The highest BCUT2D eigenvalue weighted by Gasteiger charge is 2.22. The monoisotopic (exact) mass is 247 g/mol. The Labute approximate surface area is 103 Å². The van der Waals surface area contributed by atoms with Crippen LogP contribution in [0, 0.1) is 0 Å². The molecule has 1 unspecified atom stereocenters. The van der Waals surface area contributed by atoms with Gasteiger partial charge in [0.05, 0.1) is 6.54 Å². The van der Waals surface area contributed by atoms with Gasteiger partial charge in [-0.15, -0.1) is 0 Å². The maximum Gasteiger partial charge on any atom is 0.363 e. The van der Waals surface area contributed by atoms with Gasteiger partial charge < -0.3 is 9.47 Å². The van der Waals surface area contributed by atoms with Gasteiger partial charge in [-0.1, -0.05) is 12.1 Å². The molecule has 6 nitrogen and oxygen atoms in total. The van der Waals surface area contributed by atoms with Gasteiger partial charge in [0, 0.05) is 7.05 Å². The van der Waals surface area contributed by atoms with Crippen molar-refractivity contribution in [2.75, 3.05) is 6.61 Å². The van der Waals surface area contributed by atoms with Crippen LogP contribution in [0.3, 0.4) is 0 Å². The number of rotatable bonds is 2. The molecule has 18 heavy (non-hydrogen) atoms. The van der Waals surface area contributed by atoms with Crippen LogP contribution in [-0.4, -0.2) is 27.1 Å². The topological polar surface area (TPSA) is 58.3 Å². The molecule has 1 aromatic carbocycles. The number of para-hydroxylation sites is 2. The molecule has 0 saturated heterocycles. The number of aryl methyl sites for hydroxylation is 1. The average molecular weight is 247 g/mol. The molecule has 0 aliphatic carbocycles. The molecule has 1 aromatic heterocycles. The zero-order valence-corrected chi connectivity index (χ0v) is 9.94. The Morgan fingerprint density at radius 3 is 2.89 bits per heavy atom. The van der Waals surface area contributed by atoms with E-state index in [0.29, 0.717) is 18.9 Å². The van der Waals surface area contributed by atoms with Crippen molar-refractivity contribution in [1.82, 2.24) is 14.3 Å². The summed E-state index contributed by atoms with van der Waals surface area (Å²) >= 11 is 0. The van der Waals surface area contributed by atoms with E-state index < -0.39 is 0 Å². The number of nitrogens with zero attached hydrogens (tertiary/aromatic N) is 3. The molecule has 1 aliphatic rings. The highest BCUT2D eigenvalue weighted by atomic mass is 16.6. The molecule has 0 N–H and O–H groups in total. The maximum atomic E-state index is 11.5. The summed E-state index contributed by atoms with van der Waals surface area (Å²) in [5, 5.41) is 0. The molecule has 0 bridgehead atoms. The molecule has 2 heterocycles. The zero-order chi connectivity index (χ0) is 12.5. The summed E-state index contributed by atoms with van der Waals surface area (Å²) in [5.74, 6) is 1.45. The minimum absolute atomic E-state index is 0.187. The third kappa shape index (κ3) is 1.85. The first-order chi connectivity index (χ1) is 8.74. The third-order valence-corrected chi connectivity index (χ3v) is 2.88. The lowest BCUT2D eigenvalue weighted by Gasteiger charge is -2.26. The first-order valence-corrected chi connectivity index (χ1v) is 5.71. The van der Waals surface area contributed by atoms with Crippen LogP contribution in [0.2, 0.25) is 0 Å². The normalized spacial score (nSPS) is 17.7. The summed E-state index contributed by atoms with van der Waals surface area (Å²) < 4.78 is 14.5. The Morgan fingerprint density at radius 1 is 1.39 bits per heavy atom. The fraction of sp³-hybridized carbons (Fsp3) is 0.333. The molecular weight excluding hydrogens is 234 g/mol. The lowest BCUT2D eigenvalue weighted by molar-refractivity contribution is 0.0724. The van der Waals surface area contributed by atoms with Gasteiger partial charge in [-0.25, -0.2) is 9.48 Å². The van der Waals surface area contributed by atoms with Gasteiger partial charge in [0.2, 0.25) is 0 Å². The molecule has 1 atom stereocenters. The molecule has 0 spiro atoms. The second-order valence-corrected chi connectivity index (χ2v) is 4.18. The van der Waals surface area contributed by atoms with E-state index in [2.05, 4.69) is 4.98 Å². The fourth-order valence-electron chi connectivity index (χ4n) is 1.95. The van der Waals surface area contributed by atoms with Crippen LogP contribution < -0.4 is 15.2 Å². The first-order valence-electron chi connectivity index (χ1n) is 5.71. The van der Waals surface area contributed by atoms with Crippen molar-refractivity contribution in [1.29, 1.82) is 0 Å². The zero-order valence-electron chi connectivity index (χ0n) is 9.94. The van der Waals surface area contributed by atoms with Crippen molar-refractivity contribution in [2.45, 2.75) is 12.6 Å². The van der Waals surface area contributed by atoms with Gasteiger partial charge in [-0.05, 0) is 12.1 Å². The number of fused-ring (bicyclic) bond motifs is 1. The highest BCUT2D eigenvalue weighted by Crippen LogP contribution is 2.30. The summed E-state index contributed by atoms with van der Waals surface area (Å²) in [6, 6.07) is 7.50. The second kappa shape index (κ2) is 4.21. The fourth-order valence-corrected chi connectivity index (χ4v) is 1.95. The van der Waals surface area contributed by atoms with Gasteiger partial charge >= 0.3 is 5.69 Å². The van der Waals surface area contributed by atoms with Crippen molar-refractivity contribution in [3.8, 4) is 11.5 Å². The molecule has 0 saturated carbocycles. The third-order valence-electron chi connectivity index (χ3n) is 2.88. The molecule has 1 aliphatic heterocycles. The van der Waals surface area contributed by atoms with Crippen LogP contribution in [-0.2, 0) is 13.6 Å². The van der Waals surface area contributed by atoms with Crippen molar-refractivity contribution in [3.05, 3.63) is 41.1 Å². The van der Waals surface area contributed by atoms with E-state index in [1.54, 1.807) is 11.7 Å². The molecule has 0 amide bonds. The van der Waals surface area contributed by atoms with Crippen LogP contribution in [0.4, 0.5) is 0 Å². The van der Waals surface area contributed by atoms with E-state index in [9.17, 15) is 4.79 Å². The number of benzene rings is 1. The van der Waals surface area contributed by atoms with Gasteiger partial charge in [0.15, 0.2) is 17.6 Å². The van der Waals surface area contributed by atoms with E-state index in [0.717, 1.165) is 5.75 Å². The predicted molar refractivity (Wildman–Crippen MR) is 63.8 cm³/mol. The quantitative estimate of drug-likeness (QED) is 0.771. The van der Waals surface area contributed by atoms with Gasteiger partial charge in [0.1, 0.15) is 12.9 Å². The van der Waals surface area contributed by atoms with E-state index in [1.165, 1.54) is 11.0 Å².